The highest BCUT2D eigenvalue weighted by Crippen LogP contribution is 2.33. The molecule has 0 saturated heterocycles. The molecule has 0 aliphatic carbocycles. The predicted molar refractivity (Wildman–Crippen MR) is 110 cm³/mol. The van der Waals surface area contributed by atoms with Gasteiger partial charge in [0.15, 0.2) is 0 Å². The SMILES string of the molecule is CCOCCCNC(=O)C(CC)n1nc(C)c2sc3ccccc3c2c1=O. The molecule has 0 bridgehead atoms. The van der Waals surface area contributed by atoms with E-state index in [0.29, 0.717) is 31.6 Å². The standard InChI is InChI=1S/C20H25N3O3S/c1-4-15(19(24)21-11-8-12-26-5-2)23-20(25)17-14-9-6-7-10-16(14)27-18(17)13(3)22-23/h6-7,9-10,15H,4-5,8,11-12H2,1-3H3,(H,21,24). The molecular formula is C20H25N3O3S. The molecular weight excluding hydrogens is 362 g/mol. The fourth-order valence-electron chi connectivity index (χ4n) is 3.21. The molecule has 6 nitrogen and oxygen atoms in total. The number of thiophene rings is 1. The number of nitrogens with one attached hydrogen (secondary N) is 1. The molecule has 144 valence electrons. The topological polar surface area (TPSA) is 73.2 Å². The van der Waals surface area contributed by atoms with Crippen LogP contribution in [-0.4, -0.2) is 35.4 Å². The van der Waals surface area contributed by atoms with E-state index in [0.717, 1.165) is 26.9 Å². The van der Waals surface area contributed by atoms with Crippen LogP contribution in [0.4, 0.5) is 0 Å². The Kier molecular flexibility index (Phi) is 6.23. The van der Waals surface area contributed by atoms with E-state index in [1.54, 1.807) is 11.3 Å². The minimum Gasteiger partial charge on any atom is -0.382 e. The molecule has 1 aromatic carbocycles. The highest BCUT2D eigenvalue weighted by atomic mass is 32.1. The molecule has 0 saturated carbocycles. The summed E-state index contributed by atoms with van der Waals surface area (Å²) < 4.78 is 8.59. The van der Waals surface area contributed by atoms with Crippen molar-refractivity contribution < 1.29 is 9.53 Å². The molecule has 2 aromatic heterocycles. The third-order valence-electron chi connectivity index (χ3n) is 4.56. The van der Waals surface area contributed by atoms with Crippen LogP contribution in [0.5, 0.6) is 0 Å². The number of aromatic nitrogens is 2. The number of hydrogen-bond donors (Lipinski definition) is 1. The number of nitrogens with zero attached hydrogens (tertiary/aromatic N) is 2. The fraction of sp³-hybridized carbons (Fsp3) is 0.450. The lowest BCUT2D eigenvalue weighted by Gasteiger charge is -2.17. The quantitative estimate of drug-likeness (QED) is 0.601. The van der Waals surface area contributed by atoms with E-state index in [1.165, 1.54) is 4.68 Å². The minimum atomic E-state index is -0.619. The number of fused-ring (bicyclic) bond motifs is 3. The first-order valence-corrected chi connectivity index (χ1v) is 10.2. The Balaban J connectivity index is 1.94. The van der Waals surface area contributed by atoms with Gasteiger partial charge in [0.05, 0.1) is 15.8 Å². The zero-order valence-electron chi connectivity index (χ0n) is 15.9. The summed E-state index contributed by atoms with van der Waals surface area (Å²) in [4.78, 5) is 25.8. The van der Waals surface area contributed by atoms with Gasteiger partial charge in [-0.05, 0) is 32.8 Å². The van der Waals surface area contributed by atoms with E-state index in [1.807, 2.05) is 45.0 Å². The van der Waals surface area contributed by atoms with Gasteiger partial charge in [-0.2, -0.15) is 5.10 Å². The van der Waals surface area contributed by atoms with Crippen molar-refractivity contribution in [3.63, 3.8) is 0 Å². The molecule has 0 spiro atoms. The maximum absolute atomic E-state index is 13.2. The largest absolute Gasteiger partial charge is 0.382 e. The molecule has 0 fully saturated rings. The lowest BCUT2D eigenvalue weighted by atomic mass is 10.1. The van der Waals surface area contributed by atoms with Crippen molar-refractivity contribution in [1.82, 2.24) is 15.1 Å². The Morgan fingerprint density at radius 3 is 2.85 bits per heavy atom. The summed E-state index contributed by atoms with van der Waals surface area (Å²) in [5, 5.41) is 8.96. The molecule has 2 heterocycles. The van der Waals surface area contributed by atoms with Crippen molar-refractivity contribution in [2.75, 3.05) is 19.8 Å². The molecule has 1 unspecified atom stereocenters. The van der Waals surface area contributed by atoms with Gasteiger partial charge in [-0.25, -0.2) is 4.68 Å². The van der Waals surface area contributed by atoms with Crippen LogP contribution in [-0.2, 0) is 9.53 Å². The summed E-state index contributed by atoms with van der Waals surface area (Å²) >= 11 is 1.57. The molecule has 3 rings (SSSR count). The van der Waals surface area contributed by atoms with Crippen molar-refractivity contribution in [1.29, 1.82) is 0 Å². The fourth-order valence-corrected chi connectivity index (χ4v) is 4.34. The summed E-state index contributed by atoms with van der Waals surface area (Å²) in [5.74, 6) is -0.179. The van der Waals surface area contributed by atoms with Crippen molar-refractivity contribution >= 4 is 37.4 Å². The second-order valence-electron chi connectivity index (χ2n) is 6.40. The number of hydrogen-bond acceptors (Lipinski definition) is 5. The van der Waals surface area contributed by atoms with Gasteiger partial charge in [0.1, 0.15) is 6.04 Å². The first-order valence-electron chi connectivity index (χ1n) is 9.34. The third kappa shape index (κ3) is 3.89. The van der Waals surface area contributed by atoms with Crippen LogP contribution in [0.25, 0.3) is 20.2 Å². The maximum atomic E-state index is 13.2. The number of rotatable bonds is 8. The number of benzene rings is 1. The van der Waals surface area contributed by atoms with Crippen molar-refractivity contribution in [3.8, 4) is 0 Å². The zero-order valence-corrected chi connectivity index (χ0v) is 16.8. The Labute approximate surface area is 162 Å². The van der Waals surface area contributed by atoms with Crippen LogP contribution in [0.3, 0.4) is 0 Å². The minimum absolute atomic E-state index is 0.179. The maximum Gasteiger partial charge on any atom is 0.276 e. The van der Waals surface area contributed by atoms with Gasteiger partial charge in [-0.1, -0.05) is 25.1 Å². The van der Waals surface area contributed by atoms with Crippen LogP contribution in [0.1, 0.15) is 38.4 Å². The predicted octanol–water partition coefficient (Wildman–Crippen LogP) is 3.41. The molecule has 3 aromatic rings. The normalized spacial score (nSPS) is 12.6. The molecule has 1 amide bonds. The summed E-state index contributed by atoms with van der Waals surface area (Å²) in [5.41, 5.74) is 0.567. The van der Waals surface area contributed by atoms with Gasteiger partial charge < -0.3 is 10.1 Å². The number of carbonyl (C=O) groups is 1. The van der Waals surface area contributed by atoms with Gasteiger partial charge >= 0.3 is 0 Å². The van der Waals surface area contributed by atoms with E-state index >= 15 is 0 Å². The van der Waals surface area contributed by atoms with Gasteiger partial charge in [-0.15, -0.1) is 11.3 Å². The van der Waals surface area contributed by atoms with Crippen LogP contribution in [0, 0.1) is 6.92 Å². The van der Waals surface area contributed by atoms with Gasteiger partial charge in [0.25, 0.3) is 5.56 Å². The zero-order chi connectivity index (χ0) is 19.4. The Hall–Kier alpha value is -2.25. The average Bonchev–Trinajstić information content (AvgIpc) is 3.06. The van der Waals surface area contributed by atoms with E-state index in [9.17, 15) is 9.59 Å². The number of carbonyl (C=O) groups excluding carboxylic acids is 1. The van der Waals surface area contributed by atoms with E-state index in [4.69, 9.17) is 4.74 Å². The Morgan fingerprint density at radius 1 is 1.33 bits per heavy atom. The molecule has 7 heteroatoms. The highest BCUT2D eigenvalue weighted by molar-refractivity contribution is 7.26. The van der Waals surface area contributed by atoms with Crippen LogP contribution >= 0.6 is 11.3 Å². The molecule has 1 atom stereocenters. The number of aryl methyl sites for hydroxylation is 1. The highest BCUT2D eigenvalue weighted by Gasteiger charge is 2.23. The summed E-state index contributed by atoms with van der Waals surface area (Å²) in [6.45, 7) is 7.52. The van der Waals surface area contributed by atoms with E-state index in [2.05, 4.69) is 10.4 Å². The Morgan fingerprint density at radius 2 is 2.11 bits per heavy atom. The van der Waals surface area contributed by atoms with E-state index in [-0.39, 0.29) is 11.5 Å². The van der Waals surface area contributed by atoms with Gasteiger partial charge in [0.2, 0.25) is 5.91 Å². The van der Waals surface area contributed by atoms with Crippen LogP contribution in [0.15, 0.2) is 29.1 Å². The van der Waals surface area contributed by atoms with Crippen molar-refractivity contribution in [2.45, 2.75) is 39.7 Å². The second-order valence-corrected chi connectivity index (χ2v) is 7.46. The number of amides is 1. The van der Waals surface area contributed by atoms with Gasteiger partial charge in [0, 0.05) is 29.8 Å². The molecule has 0 aliphatic heterocycles. The molecule has 1 N–H and O–H groups in total. The second kappa shape index (κ2) is 8.63. The average molecular weight is 388 g/mol. The van der Waals surface area contributed by atoms with Crippen molar-refractivity contribution in [3.05, 3.63) is 40.3 Å². The monoisotopic (exact) mass is 387 g/mol. The Bertz CT molecular complexity index is 1010. The molecule has 27 heavy (non-hydrogen) atoms. The summed E-state index contributed by atoms with van der Waals surface area (Å²) in [7, 11) is 0. The summed E-state index contributed by atoms with van der Waals surface area (Å²) in [6, 6.07) is 7.23. The first-order chi connectivity index (χ1) is 13.1. The number of ether oxygens (including phenoxy) is 1. The van der Waals surface area contributed by atoms with Crippen molar-refractivity contribution in [2.24, 2.45) is 0 Å². The first kappa shape index (κ1) is 19.5. The lowest BCUT2D eigenvalue weighted by molar-refractivity contribution is -0.124. The van der Waals surface area contributed by atoms with E-state index < -0.39 is 6.04 Å². The lowest BCUT2D eigenvalue weighted by Crippen LogP contribution is -2.39. The molecule has 0 aliphatic rings. The third-order valence-corrected chi connectivity index (χ3v) is 5.84. The summed E-state index contributed by atoms with van der Waals surface area (Å²) in [6.07, 6.45) is 1.24. The van der Waals surface area contributed by atoms with Crippen LogP contribution in [0.2, 0.25) is 0 Å². The molecule has 0 radical (unpaired) electrons. The van der Waals surface area contributed by atoms with Crippen LogP contribution < -0.4 is 10.9 Å². The smallest absolute Gasteiger partial charge is 0.276 e. The van der Waals surface area contributed by atoms with Gasteiger partial charge in [-0.3, -0.25) is 9.59 Å².